The second-order valence-electron chi connectivity index (χ2n) is 10.5. The van der Waals surface area contributed by atoms with Crippen molar-refractivity contribution in [2.75, 3.05) is 0 Å². The SMILES string of the molecule is O=C(NCc1cc[nH]c(=O)c1)N[C@@H]1C[C@H]1c1ccccc1.O=C(NCc1cc[nH]c(=O)c1)N[C@@H]1C[C@H]1c1ccccc1. The van der Waals surface area contributed by atoms with E-state index >= 15 is 0 Å². The number of carbonyl (C=O) groups excluding carboxylic acids is 2. The number of rotatable bonds is 8. The molecule has 4 atom stereocenters. The first-order chi connectivity index (χ1) is 20.4. The first-order valence-electron chi connectivity index (χ1n) is 14.0. The van der Waals surface area contributed by atoms with Crippen molar-refractivity contribution in [1.29, 1.82) is 0 Å². The van der Waals surface area contributed by atoms with Crippen LogP contribution in [-0.2, 0) is 13.1 Å². The van der Waals surface area contributed by atoms with Crippen molar-refractivity contribution in [3.8, 4) is 0 Å². The quantitative estimate of drug-likeness (QED) is 0.194. The highest BCUT2D eigenvalue weighted by atomic mass is 16.2. The fourth-order valence-corrected chi connectivity index (χ4v) is 4.85. The molecule has 2 aromatic heterocycles. The molecular weight excluding hydrogens is 532 g/mol. The third kappa shape index (κ3) is 8.44. The molecule has 0 saturated heterocycles. The number of carbonyl (C=O) groups is 2. The van der Waals surface area contributed by atoms with E-state index in [1.165, 1.54) is 23.3 Å². The van der Waals surface area contributed by atoms with Crippen LogP contribution in [0.25, 0.3) is 0 Å². The van der Waals surface area contributed by atoms with Crippen molar-refractivity contribution in [3.63, 3.8) is 0 Å². The van der Waals surface area contributed by atoms with E-state index in [-0.39, 0.29) is 35.3 Å². The molecule has 2 aliphatic rings. The molecule has 2 aromatic carbocycles. The van der Waals surface area contributed by atoms with Crippen LogP contribution >= 0.6 is 0 Å². The van der Waals surface area contributed by atoms with Gasteiger partial charge in [0.05, 0.1) is 0 Å². The standard InChI is InChI=1S/2C16H17N3O2/c2*20-15-8-11(6-7-17-15)10-18-16(21)19-14-9-13(14)12-4-2-1-3-5-12/h2*1-8,13-14H,9-10H2,(H,17,20)(H2,18,19,21)/t2*13-,14+/m00/s1. The summed E-state index contributed by atoms with van der Waals surface area (Å²) in [4.78, 5) is 51.0. The summed E-state index contributed by atoms with van der Waals surface area (Å²) in [5, 5.41) is 11.4. The summed E-state index contributed by atoms with van der Waals surface area (Å²) in [7, 11) is 0. The number of H-pyrrole nitrogens is 2. The number of benzene rings is 2. The highest BCUT2D eigenvalue weighted by molar-refractivity contribution is 5.75. The third-order valence-corrected chi connectivity index (χ3v) is 7.25. The number of hydrogen-bond acceptors (Lipinski definition) is 4. The molecule has 216 valence electrons. The van der Waals surface area contributed by atoms with Gasteiger partial charge in [0, 0.05) is 61.5 Å². The molecule has 6 rings (SSSR count). The van der Waals surface area contributed by atoms with Crippen molar-refractivity contribution < 1.29 is 9.59 Å². The summed E-state index contributed by atoms with van der Waals surface area (Å²) < 4.78 is 0. The zero-order valence-electron chi connectivity index (χ0n) is 23.0. The average Bonchev–Trinajstić information content (AvgIpc) is 3.93. The monoisotopic (exact) mass is 566 g/mol. The Labute approximate surface area is 243 Å². The molecule has 0 aliphatic heterocycles. The highest BCUT2D eigenvalue weighted by Crippen LogP contribution is 2.41. The molecule has 0 radical (unpaired) electrons. The van der Waals surface area contributed by atoms with E-state index in [1.807, 2.05) is 36.4 Å². The number of urea groups is 2. The van der Waals surface area contributed by atoms with Gasteiger partial charge >= 0.3 is 12.1 Å². The summed E-state index contributed by atoms with van der Waals surface area (Å²) in [6, 6.07) is 26.9. The molecular formula is C32H34N6O4. The van der Waals surface area contributed by atoms with E-state index in [4.69, 9.17) is 0 Å². The van der Waals surface area contributed by atoms with Gasteiger partial charge in [-0.2, -0.15) is 0 Å². The lowest BCUT2D eigenvalue weighted by Gasteiger charge is -2.07. The Balaban J connectivity index is 0.000000168. The van der Waals surface area contributed by atoms with E-state index in [0.29, 0.717) is 24.9 Å². The first kappa shape index (κ1) is 28.4. The Morgan fingerprint density at radius 3 is 1.40 bits per heavy atom. The lowest BCUT2D eigenvalue weighted by molar-refractivity contribution is 0.239. The molecule has 2 fully saturated rings. The normalized spacial score (nSPS) is 19.8. The Bertz CT molecular complexity index is 1480. The lowest BCUT2D eigenvalue weighted by atomic mass is 10.1. The zero-order chi connectivity index (χ0) is 29.3. The molecule has 42 heavy (non-hydrogen) atoms. The number of amides is 4. The summed E-state index contributed by atoms with van der Waals surface area (Å²) >= 11 is 0. The number of nitrogens with one attached hydrogen (secondary N) is 6. The number of pyridine rings is 2. The summed E-state index contributed by atoms with van der Waals surface area (Å²) in [6.07, 6.45) is 5.10. The van der Waals surface area contributed by atoms with Gasteiger partial charge < -0.3 is 31.2 Å². The maximum Gasteiger partial charge on any atom is 0.315 e. The van der Waals surface area contributed by atoms with Gasteiger partial charge in [-0.3, -0.25) is 9.59 Å². The van der Waals surface area contributed by atoms with E-state index in [2.05, 4.69) is 55.5 Å². The average molecular weight is 567 g/mol. The van der Waals surface area contributed by atoms with E-state index in [9.17, 15) is 19.2 Å². The maximum absolute atomic E-state index is 11.8. The summed E-state index contributed by atoms with van der Waals surface area (Å²) in [6.45, 7) is 0.691. The van der Waals surface area contributed by atoms with Crippen LogP contribution in [-0.4, -0.2) is 34.1 Å². The Kier molecular flexibility index (Phi) is 9.13. The van der Waals surface area contributed by atoms with Gasteiger partial charge in [0.25, 0.3) is 0 Å². The Morgan fingerprint density at radius 2 is 1.02 bits per heavy atom. The van der Waals surface area contributed by atoms with E-state index in [1.54, 1.807) is 24.5 Å². The third-order valence-electron chi connectivity index (χ3n) is 7.25. The van der Waals surface area contributed by atoms with Gasteiger partial charge in [-0.25, -0.2) is 9.59 Å². The molecule has 2 aliphatic carbocycles. The minimum atomic E-state index is -0.196. The molecule has 2 saturated carbocycles. The van der Waals surface area contributed by atoms with Gasteiger partial charge in [0.2, 0.25) is 11.1 Å². The van der Waals surface area contributed by atoms with Crippen LogP contribution in [0.5, 0.6) is 0 Å². The predicted molar refractivity (Wildman–Crippen MR) is 160 cm³/mol. The van der Waals surface area contributed by atoms with E-state index in [0.717, 1.165) is 24.0 Å². The van der Waals surface area contributed by atoms with Crippen LogP contribution in [0.1, 0.15) is 46.9 Å². The maximum atomic E-state index is 11.8. The molecule has 6 N–H and O–H groups in total. The number of aromatic amines is 2. The molecule has 0 spiro atoms. The molecule has 2 heterocycles. The minimum Gasteiger partial charge on any atom is -0.335 e. The minimum absolute atomic E-state index is 0.166. The highest BCUT2D eigenvalue weighted by Gasteiger charge is 2.40. The second kappa shape index (κ2) is 13.5. The first-order valence-corrected chi connectivity index (χ1v) is 14.0. The number of hydrogen-bond donors (Lipinski definition) is 6. The van der Waals surface area contributed by atoms with Crippen LogP contribution < -0.4 is 32.4 Å². The fraction of sp³-hybridized carbons (Fsp3) is 0.250. The summed E-state index contributed by atoms with van der Waals surface area (Å²) in [5.74, 6) is 0.827. The predicted octanol–water partition coefficient (Wildman–Crippen LogP) is 3.46. The van der Waals surface area contributed by atoms with Crippen LogP contribution in [0.15, 0.2) is 107 Å². The van der Waals surface area contributed by atoms with E-state index < -0.39 is 0 Å². The van der Waals surface area contributed by atoms with Gasteiger partial charge in [0.15, 0.2) is 0 Å². The Morgan fingerprint density at radius 1 is 0.619 bits per heavy atom. The summed E-state index contributed by atoms with van der Waals surface area (Å²) in [5.41, 5.74) is 3.76. The number of aromatic nitrogens is 2. The zero-order valence-corrected chi connectivity index (χ0v) is 23.0. The smallest absolute Gasteiger partial charge is 0.315 e. The van der Waals surface area contributed by atoms with Gasteiger partial charge in [-0.05, 0) is 47.2 Å². The Hall–Kier alpha value is -5.12. The van der Waals surface area contributed by atoms with Crippen LogP contribution in [0.2, 0.25) is 0 Å². The molecule has 0 unspecified atom stereocenters. The fourth-order valence-electron chi connectivity index (χ4n) is 4.85. The molecule has 10 nitrogen and oxygen atoms in total. The molecule has 0 bridgehead atoms. The second-order valence-corrected chi connectivity index (χ2v) is 10.5. The van der Waals surface area contributed by atoms with Crippen molar-refractivity contribution in [1.82, 2.24) is 31.2 Å². The van der Waals surface area contributed by atoms with Crippen LogP contribution in [0.3, 0.4) is 0 Å². The van der Waals surface area contributed by atoms with Crippen LogP contribution in [0, 0.1) is 0 Å². The molecule has 10 heteroatoms. The van der Waals surface area contributed by atoms with Crippen molar-refractivity contribution in [2.24, 2.45) is 0 Å². The van der Waals surface area contributed by atoms with Gasteiger partial charge in [-0.15, -0.1) is 0 Å². The van der Waals surface area contributed by atoms with Crippen LogP contribution in [0.4, 0.5) is 9.59 Å². The van der Waals surface area contributed by atoms with Crippen molar-refractivity contribution >= 4 is 12.1 Å². The van der Waals surface area contributed by atoms with Crippen molar-refractivity contribution in [3.05, 3.63) is 140 Å². The van der Waals surface area contributed by atoms with Gasteiger partial charge in [0.1, 0.15) is 0 Å². The largest absolute Gasteiger partial charge is 0.335 e. The van der Waals surface area contributed by atoms with Crippen molar-refractivity contribution in [2.45, 2.75) is 49.9 Å². The lowest BCUT2D eigenvalue weighted by Crippen LogP contribution is -2.37. The molecule has 4 amide bonds. The topological polar surface area (TPSA) is 148 Å². The molecule has 4 aromatic rings. The van der Waals surface area contributed by atoms with Gasteiger partial charge in [-0.1, -0.05) is 60.7 Å².